The fourth-order valence-corrected chi connectivity index (χ4v) is 3.15. The lowest BCUT2D eigenvalue weighted by molar-refractivity contribution is 0.101. The van der Waals surface area contributed by atoms with Crippen LogP contribution in [0.2, 0.25) is 0 Å². The third-order valence-electron chi connectivity index (χ3n) is 3.62. The molecule has 25 heavy (non-hydrogen) atoms. The average molecular weight is 351 g/mol. The Labute approximate surface area is 146 Å². The fraction of sp³-hybridized carbons (Fsp3) is 0.0588. The number of nitrogens with zero attached hydrogens (tertiary/aromatic N) is 4. The zero-order valence-corrected chi connectivity index (χ0v) is 14.0. The van der Waals surface area contributed by atoms with Crippen molar-refractivity contribution in [2.75, 3.05) is 5.32 Å². The molecule has 0 saturated heterocycles. The number of anilines is 1. The average Bonchev–Trinajstić information content (AvgIpc) is 3.35. The number of rotatable bonds is 4. The molecule has 0 saturated carbocycles. The minimum Gasteiger partial charge on any atom is -0.333 e. The molecule has 0 atom stereocenters. The Hall–Kier alpha value is -3.26. The number of amides is 1. The van der Waals surface area contributed by atoms with Crippen LogP contribution in [0.4, 0.5) is 5.69 Å². The summed E-state index contributed by atoms with van der Waals surface area (Å²) in [6, 6.07) is 13.0. The summed E-state index contributed by atoms with van der Waals surface area (Å²) in [5, 5.41) is 12.7. The maximum absolute atomic E-state index is 12.4. The SMILES string of the molecule is Cn1nccc1C(=O)Nc1ccsc1-c1nc(-c2ccccc2)no1. The van der Waals surface area contributed by atoms with Crippen LogP contribution in [0.1, 0.15) is 10.5 Å². The first-order valence-electron chi connectivity index (χ1n) is 7.49. The number of aryl methyl sites for hydroxylation is 1. The molecule has 0 aliphatic carbocycles. The van der Waals surface area contributed by atoms with E-state index in [2.05, 4.69) is 20.6 Å². The summed E-state index contributed by atoms with van der Waals surface area (Å²) >= 11 is 1.42. The predicted molar refractivity (Wildman–Crippen MR) is 94.2 cm³/mol. The van der Waals surface area contributed by atoms with Gasteiger partial charge < -0.3 is 9.84 Å². The van der Waals surface area contributed by atoms with E-state index >= 15 is 0 Å². The number of nitrogens with one attached hydrogen (secondary N) is 1. The Morgan fingerprint density at radius 2 is 2.04 bits per heavy atom. The lowest BCUT2D eigenvalue weighted by Gasteiger charge is -2.04. The molecule has 8 heteroatoms. The lowest BCUT2D eigenvalue weighted by Crippen LogP contribution is -2.16. The maximum Gasteiger partial charge on any atom is 0.273 e. The molecular formula is C17H13N5O2S. The van der Waals surface area contributed by atoms with Crippen molar-refractivity contribution in [3.8, 4) is 22.2 Å². The molecule has 0 unspecified atom stereocenters. The Morgan fingerprint density at radius 1 is 1.20 bits per heavy atom. The third kappa shape index (κ3) is 2.94. The van der Waals surface area contributed by atoms with Gasteiger partial charge in [-0.25, -0.2) is 0 Å². The number of hydrogen-bond donors (Lipinski definition) is 1. The van der Waals surface area contributed by atoms with Gasteiger partial charge in [-0.15, -0.1) is 11.3 Å². The molecule has 4 rings (SSSR count). The highest BCUT2D eigenvalue weighted by Crippen LogP contribution is 2.33. The highest BCUT2D eigenvalue weighted by atomic mass is 32.1. The molecule has 0 fully saturated rings. The standard InChI is InChI=1S/C17H13N5O2S/c1-22-13(7-9-18-22)16(23)19-12-8-10-25-14(12)17-20-15(21-24-17)11-5-3-2-4-6-11/h2-10H,1H3,(H,19,23). The van der Waals surface area contributed by atoms with Crippen LogP contribution in [0, 0.1) is 0 Å². The van der Waals surface area contributed by atoms with Gasteiger partial charge in [-0.2, -0.15) is 10.1 Å². The Bertz CT molecular complexity index is 1020. The summed E-state index contributed by atoms with van der Waals surface area (Å²) in [5.41, 5.74) is 1.96. The van der Waals surface area contributed by atoms with Gasteiger partial charge in [-0.1, -0.05) is 35.5 Å². The van der Waals surface area contributed by atoms with Crippen LogP contribution in [0.15, 0.2) is 58.6 Å². The smallest absolute Gasteiger partial charge is 0.273 e. The van der Waals surface area contributed by atoms with E-state index in [9.17, 15) is 4.79 Å². The van der Waals surface area contributed by atoms with Crippen molar-refractivity contribution in [2.24, 2.45) is 7.05 Å². The van der Waals surface area contributed by atoms with Crippen molar-refractivity contribution in [2.45, 2.75) is 0 Å². The van der Waals surface area contributed by atoms with Crippen LogP contribution in [-0.2, 0) is 7.05 Å². The Balaban J connectivity index is 1.61. The van der Waals surface area contributed by atoms with Crippen molar-refractivity contribution in [1.82, 2.24) is 19.9 Å². The molecule has 0 bridgehead atoms. The van der Waals surface area contributed by atoms with E-state index in [1.165, 1.54) is 16.0 Å². The normalized spacial score (nSPS) is 10.8. The first-order valence-corrected chi connectivity index (χ1v) is 8.36. The van der Waals surface area contributed by atoms with Gasteiger partial charge in [0, 0.05) is 18.8 Å². The van der Waals surface area contributed by atoms with Gasteiger partial charge in [0.2, 0.25) is 5.82 Å². The highest BCUT2D eigenvalue weighted by molar-refractivity contribution is 7.14. The molecule has 0 spiro atoms. The molecule has 0 radical (unpaired) electrons. The van der Waals surface area contributed by atoms with Crippen LogP contribution < -0.4 is 5.32 Å². The zero-order valence-electron chi connectivity index (χ0n) is 13.2. The van der Waals surface area contributed by atoms with Gasteiger partial charge >= 0.3 is 0 Å². The fourth-order valence-electron chi connectivity index (χ4n) is 2.38. The molecule has 4 aromatic rings. The van der Waals surface area contributed by atoms with Gasteiger partial charge in [-0.3, -0.25) is 9.48 Å². The van der Waals surface area contributed by atoms with Gasteiger partial charge in [0.15, 0.2) is 0 Å². The molecule has 1 amide bonds. The summed E-state index contributed by atoms with van der Waals surface area (Å²) in [7, 11) is 1.72. The van der Waals surface area contributed by atoms with Crippen LogP contribution in [-0.4, -0.2) is 25.8 Å². The summed E-state index contributed by atoms with van der Waals surface area (Å²) in [5.74, 6) is 0.629. The molecule has 1 N–H and O–H groups in total. The van der Waals surface area contributed by atoms with E-state index in [0.29, 0.717) is 28.0 Å². The van der Waals surface area contributed by atoms with Crippen molar-refractivity contribution in [3.63, 3.8) is 0 Å². The van der Waals surface area contributed by atoms with Crippen LogP contribution in [0.25, 0.3) is 22.2 Å². The van der Waals surface area contributed by atoms with Crippen molar-refractivity contribution >= 4 is 22.9 Å². The molecule has 3 aromatic heterocycles. The van der Waals surface area contributed by atoms with Crippen molar-refractivity contribution in [3.05, 3.63) is 59.7 Å². The van der Waals surface area contributed by atoms with E-state index in [0.717, 1.165) is 5.56 Å². The summed E-state index contributed by atoms with van der Waals surface area (Å²) in [6.45, 7) is 0. The minimum atomic E-state index is -0.248. The Morgan fingerprint density at radius 3 is 2.80 bits per heavy atom. The second-order valence-electron chi connectivity index (χ2n) is 5.25. The second kappa shape index (κ2) is 6.33. The van der Waals surface area contributed by atoms with Crippen LogP contribution >= 0.6 is 11.3 Å². The molecule has 0 aliphatic heterocycles. The van der Waals surface area contributed by atoms with Gasteiger partial charge in [0.05, 0.1) is 5.69 Å². The minimum absolute atomic E-state index is 0.248. The predicted octanol–water partition coefficient (Wildman–Crippen LogP) is 3.45. The molecular weight excluding hydrogens is 338 g/mol. The summed E-state index contributed by atoms with van der Waals surface area (Å²) < 4.78 is 6.90. The quantitative estimate of drug-likeness (QED) is 0.608. The molecule has 0 aliphatic rings. The number of carbonyl (C=O) groups is 1. The van der Waals surface area contributed by atoms with E-state index in [1.54, 1.807) is 25.4 Å². The number of benzene rings is 1. The topological polar surface area (TPSA) is 85.8 Å². The van der Waals surface area contributed by atoms with Crippen molar-refractivity contribution < 1.29 is 9.32 Å². The maximum atomic E-state index is 12.4. The van der Waals surface area contributed by atoms with Gasteiger partial charge in [0.25, 0.3) is 11.8 Å². The van der Waals surface area contributed by atoms with Gasteiger partial charge in [-0.05, 0) is 17.5 Å². The van der Waals surface area contributed by atoms with E-state index < -0.39 is 0 Å². The molecule has 124 valence electrons. The second-order valence-corrected chi connectivity index (χ2v) is 6.16. The zero-order chi connectivity index (χ0) is 17.2. The van der Waals surface area contributed by atoms with Crippen LogP contribution in [0.5, 0.6) is 0 Å². The monoisotopic (exact) mass is 351 g/mol. The molecule has 1 aromatic carbocycles. The van der Waals surface area contributed by atoms with Gasteiger partial charge in [0.1, 0.15) is 10.6 Å². The highest BCUT2D eigenvalue weighted by Gasteiger charge is 2.18. The number of thiophene rings is 1. The van der Waals surface area contributed by atoms with Crippen molar-refractivity contribution in [1.29, 1.82) is 0 Å². The number of hydrogen-bond acceptors (Lipinski definition) is 6. The largest absolute Gasteiger partial charge is 0.333 e. The first kappa shape index (κ1) is 15.3. The summed E-state index contributed by atoms with van der Waals surface area (Å²) in [4.78, 5) is 17.5. The van der Waals surface area contributed by atoms with E-state index in [1.807, 2.05) is 35.7 Å². The van der Waals surface area contributed by atoms with E-state index in [4.69, 9.17) is 4.52 Å². The summed E-state index contributed by atoms with van der Waals surface area (Å²) in [6.07, 6.45) is 1.58. The lowest BCUT2D eigenvalue weighted by atomic mass is 10.2. The Kier molecular flexibility index (Phi) is 3.87. The molecule has 3 heterocycles. The third-order valence-corrected chi connectivity index (χ3v) is 4.52. The van der Waals surface area contributed by atoms with Crippen LogP contribution in [0.3, 0.4) is 0 Å². The van der Waals surface area contributed by atoms with E-state index in [-0.39, 0.29) is 5.91 Å². The number of carbonyl (C=O) groups excluding carboxylic acids is 1. The number of aromatic nitrogens is 4. The molecule has 7 nitrogen and oxygen atoms in total. The first-order chi connectivity index (χ1) is 12.2.